The minimum absolute atomic E-state index is 0.235. The van der Waals surface area contributed by atoms with Gasteiger partial charge in [0.15, 0.2) is 0 Å². The van der Waals surface area contributed by atoms with Crippen LogP contribution in [0.3, 0.4) is 0 Å². The van der Waals surface area contributed by atoms with Gasteiger partial charge in [-0.25, -0.2) is 4.39 Å². The van der Waals surface area contributed by atoms with Gasteiger partial charge in [-0.15, -0.1) is 0 Å². The largest absolute Gasteiger partial charge is 0.481 e. The van der Waals surface area contributed by atoms with Crippen LogP contribution in [0.25, 0.3) is 6.08 Å². The van der Waals surface area contributed by atoms with Crippen molar-refractivity contribution in [1.29, 1.82) is 0 Å². The molecule has 0 spiro atoms. The highest BCUT2D eigenvalue weighted by Crippen LogP contribution is 2.05. The second kappa shape index (κ2) is 8.23. The number of hydrogen-bond donors (Lipinski definition) is 1. The molecular formula is C15H17FO2. The molecule has 0 unspecified atom stereocenters. The molecule has 0 saturated carbocycles. The Bertz CT molecular complexity index is 419. The highest BCUT2D eigenvalue weighted by Gasteiger charge is 1.93. The first-order valence-corrected chi connectivity index (χ1v) is 5.99. The van der Waals surface area contributed by atoms with E-state index in [0.717, 1.165) is 18.4 Å². The van der Waals surface area contributed by atoms with Crippen molar-refractivity contribution in [2.24, 2.45) is 0 Å². The van der Waals surface area contributed by atoms with Crippen molar-refractivity contribution in [3.63, 3.8) is 0 Å². The van der Waals surface area contributed by atoms with Crippen molar-refractivity contribution in [3.05, 3.63) is 53.9 Å². The van der Waals surface area contributed by atoms with Crippen LogP contribution in [0.5, 0.6) is 0 Å². The Kier molecular flexibility index (Phi) is 6.47. The molecule has 0 aliphatic heterocycles. The highest BCUT2D eigenvalue weighted by molar-refractivity contribution is 5.66. The molecule has 96 valence electrons. The lowest BCUT2D eigenvalue weighted by atomic mass is 10.2. The van der Waals surface area contributed by atoms with Gasteiger partial charge in [-0.05, 0) is 37.0 Å². The Balaban J connectivity index is 2.19. The average molecular weight is 248 g/mol. The summed E-state index contributed by atoms with van der Waals surface area (Å²) in [6.45, 7) is 0. The Morgan fingerprint density at radius 2 is 1.89 bits per heavy atom. The van der Waals surface area contributed by atoms with Crippen molar-refractivity contribution in [2.45, 2.75) is 25.7 Å². The second-order valence-electron chi connectivity index (χ2n) is 3.98. The monoisotopic (exact) mass is 248 g/mol. The van der Waals surface area contributed by atoms with Crippen LogP contribution in [0.15, 0.2) is 42.5 Å². The van der Waals surface area contributed by atoms with E-state index < -0.39 is 5.97 Å². The fourth-order valence-electron chi connectivity index (χ4n) is 1.45. The second-order valence-corrected chi connectivity index (χ2v) is 3.98. The van der Waals surface area contributed by atoms with Crippen molar-refractivity contribution in [1.82, 2.24) is 0 Å². The maximum absolute atomic E-state index is 12.6. The van der Waals surface area contributed by atoms with Gasteiger partial charge >= 0.3 is 5.97 Å². The Morgan fingerprint density at radius 3 is 2.56 bits per heavy atom. The zero-order valence-corrected chi connectivity index (χ0v) is 10.2. The summed E-state index contributed by atoms with van der Waals surface area (Å²) in [5.41, 5.74) is 0.951. The third-order valence-electron chi connectivity index (χ3n) is 2.42. The quantitative estimate of drug-likeness (QED) is 0.584. The molecule has 0 amide bonds. The molecule has 18 heavy (non-hydrogen) atoms. The van der Waals surface area contributed by atoms with Crippen LogP contribution in [0.4, 0.5) is 4.39 Å². The molecule has 0 fully saturated rings. The number of benzene rings is 1. The first kappa shape index (κ1) is 14.2. The lowest BCUT2D eigenvalue weighted by molar-refractivity contribution is -0.137. The van der Waals surface area contributed by atoms with Gasteiger partial charge in [0.25, 0.3) is 0 Å². The third kappa shape index (κ3) is 6.63. The number of hydrogen-bond acceptors (Lipinski definition) is 1. The number of allylic oxidation sites excluding steroid dienone is 3. The summed E-state index contributed by atoms with van der Waals surface area (Å²) in [7, 11) is 0. The lowest BCUT2D eigenvalue weighted by Crippen LogP contribution is -1.92. The SMILES string of the molecule is O=C(O)CCCCC=CC=Cc1ccc(F)cc1. The number of carboxylic acids is 1. The third-order valence-corrected chi connectivity index (χ3v) is 2.42. The van der Waals surface area contributed by atoms with Crippen molar-refractivity contribution in [2.75, 3.05) is 0 Å². The Hall–Kier alpha value is -1.90. The molecule has 1 N–H and O–H groups in total. The molecule has 2 nitrogen and oxygen atoms in total. The predicted molar refractivity (Wildman–Crippen MR) is 70.7 cm³/mol. The zero-order valence-electron chi connectivity index (χ0n) is 10.2. The fraction of sp³-hybridized carbons (Fsp3) is 0.267. The summed E-state index contributed by atoms with van der Waals surface area (Å²) in [5, 5.41) is 8.44. The molecule has 1 rings (SSSR count). The number of carboxylic acid groups (broad SMARTS) is 1. The maximum Gasteiger partial charge on any atom is 0.303 e. The van der Waals surface area contributed by atoms with Crippen LogP contribution in [-0.4, -0.2) is 11.1 Å². The van der Waals surface area contributed by atoms with Crippen molar-refractivity contribution in [3.8, 4) is 0 Å². The van der Waals surface area contributed by atoms with Crippen LogP contribution in [0, 0.1) is 5.82 Å². The Labute approximate surface area is 106 Å². The van der Waals surface area contributed by atoms with E-state index in [1.54, 1.807) is 12.1 Å². The van der Waals surface area contributed by atoms with Crippen LogP contribution >= 0.6 is 0 Å². The number of rotatable bonds is 7. The zero-order chi connectivity index (χ0) is 13.2. The van der Waals surface area contributed by atoms with Gasteiger partial charge in [-0.1, -0.05) is 36.4 Å². The summed E-state index contributed by atoms with van der Waals surface area (Å²) in [6, 6.07) is 6.28. The van der Waals surface area contributed by atoms with Crippen molar-refractivity contribution < 1.29 is 14.3 Å². The van der Waals surface area contributed by atoms with Crippen LogP contribution in [0.1, 0.15) is 31.2 Å². The fourth-order valence-corrected chi connectivity index (χ4v) is 1.45. The summed E-state index contributed by atoms with van der Waals surface area (Å²) in [4.78, 5) is 10.3. The van der Waals surface area contributed by atoms with E-state index in [1.807, 2.05) is 24.3 Å². The van der Waals surface area contributed by atoms with Gasteiger partial charge in [-0.3, -0.25) is 4.79 Å². The molecule has 0 bridgehead atoms. The summed E-state index contributed by atoms with van der Waals surface area (Å²) >= 11 is 0. The van der Waals surface area contributed by atoms with Gasteiger partial charge in [-0.2, -0.15) is 0 Å². The van der Waals surface area contributed by atoms with E-state index >= 15 is 0 Å². The molecule has 0 heterocycles. The van der Waals surface area contributed by atoms with E-state index in [1.165, 1.54) is 12.1 Å². The minimum Gasteiger partial charge on any atom is -0.481 e. The average Bonchev–Trinajstić information content (AvgIpc) is 2.34. The summed E-state index contributed by atoms with van der Waals surface area (Å²) in [6.07, 6.45) is 10.4. The highest BCUT2D eigenvalue weighted by atomic mass is 19.1. The van der Waals surface area contributed by atoms with E-state index in [-0.39, 0.29) is 12.2 Å². The van der Waals surface area contributed by atoms with E-state index in [4.69, 9.17) is 5.11 Å². The van der Waals surface area contributed by atoms with E-state index in [9.17, 15) is 9.18 Å². The maximum atomic E-state index is 12.6. The predicted octanol–water partition coefficient (Wildman–Crippen LogP) is 4.04. The summed E-state index contributed by atoms with van der Waals surface area (Å²) < 4.78 is 12.6. The molecule has 0 atom stereocenters. The molecule has 0 aliphatic rings. The van der Waals surface area contributed by atoms with E-state index in [2.05, 4.69) is 0 Å². The molecule has 3 heteroatoms. The van der Waals surface area contributed by atoms with Crippen LogP contribution in [0.2, 0.25) is 0 Å². The number of aliphatic carboxylic acids is 1. The molecule has 0 aliphatic carbocycles. The standard InChI is InChI=1S/C15H17FO2/c16-14-11-9-13(10-12-14)7-5-3-1-2-4-6-8-15(17)18/h1,3,5,7,9-12H,2,4,6,8H2,(H,17,18). The number of carbonyl (C=O) groups is 1. The molecule has 1 aromatic carbocycles. The summed E-state index contributed by atoms with van der Waals surface area (Å²) in [5.74, 6) is -0.976. The van der Waals surface area contributed by atoms with Gasteiger partial charge < -0.3 is 5.11 Å². The number of halogens is 1. The molecule has 1 aromatic rings. The lowest BCUT2D eigenvalue weighted by Gasteiger charge is -1.92. The van der Waals surface area contributed by atoms with Crippen molar-refractivity contribution >= 4 is 12.0 Å². The minimum atomic E-state index is -0.741. The smallest absolute Gasteiger partial charge is 0.303 e. The van der Waals surface area contributed by atoms with Gasteiger partial charge in [0.05, 0.1) is 0 Å². The first-order chi connectivity index (χ1) is 8.68. The Morgan fingerprint density at radius 1 is 1.17 bits per heavy atom. The first-order valence-electron chi connectivity index (χ1n) is 5.99. The number of unbranched alkanes of at least 4 members (excludes halogenated alkanes) is 2. The molecule has 0 aromatic heterocycles. The normalized spacial score (nSPS) is 11.4. The van der Waals surface area contributed by atoms with Gasteiger partial charge in [0.1, 0.15) is 5.82 Å². The molecule has 0 saturated heterocycles. The topological polar surface area (TPSA) is 37.3 Å². The van der Waals surface area contributed by atoms with E-state index in [0.29, 0.717) is 6.42 Å². The molecule has 0 radical (unpaired) electrons. The van der Waals surface area contributed by atoms with Gasteiger partial charge in [0.2, 0.25) is 0 Å². The molecular weight excluding hydrogens is 231 g/mol. The van der Waals surface area contributed by atoms with Crippen LogP contribution < -0.4 is 0 Å². The van der Waals surface area contributed by atoms with Gasteiger partial charge in [0, 0.05) is 6.42 Å². The van der Waals surface area contributed by atoms with Crippen LogP contribution in [-0.2, 0) is 4.79 Å².